The number of carbonyl (C=O) groups is 1. The van der Waals surface area contributed by atoms with Crippen LogP contribution in [0.1, 0.15) is 20.8 Å². The van der Waals surface area contributed by atoms with Gasteiger partial charge in [0.1, 0.15) is 10.7 Å². The molecule has 0 aliphatic rings. The first-order valence-corrected chi connectivity index (χ1v) is 7.65. The molecule has 0 radical (unpaired) electrons. The second kappa shape index (κ2) is 5.99. The molecular formula is C17H15N3OS. The van der Waals surface area contributed by atoms with Crippen molar-refractivity contribution in [3.05, 3.63) is 70.6 Å². The summed E-state index contributed by atoms with van der Waals surface area (Å²) in [6.45, 7) is 2.01. The van der Waals surface area contributed by atoms with Crippen molar-refractivity contribution in [2.24, 2.45) is 0 Å². The van der Waals surface area contributed by atoms with Crippen LogP contribution < -0.4 is 11.1 Å². The minimum atomic E-state index is -0.103. The van der Waals surface area contributed by atoms with Gasteiger partial charge in [-0.05, 0) is 18.6 Å². The van der Waals surface area contributed by atoms with Crippen molar-refractivity contribution >= 4 is 33.8 Å². The Labute approximate surface area is 132 Å². The van der Waals surface area contributed by atoms with Gasteiger partial charge in [0.15, 0.2) is 5.13 Å². The van der Waals surface area contributed by atoms with Gasteiger partial charge in [-0.15, -0.1) is 0 Å². The molecule has 0 saturated carbocycles. The molecule has 3 aromatic rings. The lowest BCUT2D eigenvalue weighted by Gasteiger charge is -2.05. The first-order valence-electron chi connectivity index (χ1n) is 6.84. The van der Waals surface area contributed by atoms with E-state index in [1.54, 1.807) is 12.1 Å². The van der Waals surface area contributed by atoms with E-state index in [0.717, 1.165) is 11.3 Å². The normalized spacial score (nSPS) is 10.4. The number of nitrogens with zero attached hydrogens (tertiary/aromatic N) is 1. The van der Waals surface area contributed by atoms with Crippen LogP contribution in [0.2, 0.25) is 0 Å². The van der Waals surface area contributed by atoms with Crippen LogP contribution in [0.25, 0.3) is 0 Å². The molecule has 0 fully saturated rings. The van der Waals surface area contributed by atoms with Gasteiger partial charge in [-0.1, -0.05) is 59.9 Å². The van der Waals surface area contributed by atoms with E-state index in [-0.39, 0.29) is 11.6 Å². The molecule has 3 N–H and O–H groups in total. The maximum absolute atomic E-state index is 12.5. The van der Waals surface area contributed by atoms with E-state index in [9.17, 15) is 4.79 Å². The summed E-state index contributed by atoms with van der Waals surface area (Å²) < 4.78 is 0. The molecule has 0 spiro atoms. The third-order valence-electron chi connectivity index (χ3n) is 3.28. The fourth-order valence-electron chi connectivity index (χ4n) is 2.10. The number of para-hydroxylation sites is 1. The summed E-state index contributed by atoms with van der Waals surface area (Å²) in [5, 5.41) is 3.83. The fraction of sp³-hybridized carbons (Fsp3) is 0.0588. The number of aromatic nitrogens is 1. The highest BCUT2D eigenvalue weighted by atomic mass is 32.1. The largest absolute Gasteiger partial charge is 0.382 e. The average molecular weight is 309 g/mol. The van der Waals surface area contributed by atoms with E-state index in [0.29, 0.717) is 15.6 Å². The number of nitrogen functional groups attached to an aromatic ring is 1. The van der Waals surface area contributed by atoms with Crippen molar-refractivity contribution in [2.45, 2.75) is 6.92 Å². The van der Waals surface area contributed by atoms with Crippen molar-refractivity contribution in [1.29, 1.82) is 0 Å². The first kappa shape index (κ1) is 14.3. The highest BCUT2D eigenvalue weighted by Crippen LogP contribution is 2.30. The molecule has 1 heterocycles. The van der Waals surface area contributed by atoms with Gasteiger partial charge in [0.05, 0.1) is 0 Å². The Hall–Kier alpha value is -2.66. The number of ketones is 1. The maximum atomic E-state index is 12.5. The van der Waals surface area contributed by atoms with Crippen molar-refractivity contribution in [3.8, 4) is 0 Å². The number of anilines is 3. The van der Waals surface area contributed by atoms with E-state index in [1.165, 1.54) is 11.3 Å². The third-order valence-corrected chi connectivity index (χ3v) is 4.27. The number of hydrogen-bond acceptors (Lipinski definition) is 5. The summed E-state index contributed by atoms with van der Waals surface area (Å²) in [5.74, 6) is 0.156. The number of hydrogen-bond donors (Lipinski definition) is 2. The lowest BCUT2D eigenvalue weighted by molar-refractivity contribution is 0.104. The molecule has 22 heavy (non-hydrogen) atoms. The molecule has 0 atom stereocenters. The summed E-state index contributed by atoms with van der Waals surface area (Å²) >= 11 is 1.27. The summed E-state index contributed by atoms with van der Waals surface area (Å²) in [5.41, 5.74) is 8.58. The predicted octanol–water partition coefficient (Wildman–Crippen LogP) is 4.01. The van der Waals surface area contributed by atoms with E-state index in [2.05, 4.69) is 10.3 Å². The molecule has 0 unspecified atom stereocenters. The number of nitrogens with one attached hydrogen (secondary N) is 1. The van der Waals surface area contributed by atoms with Gasteiger partial charge in [0, 0.05) is 11.3 Å². The molecule has 0 amide bonds. The van der Waals surface area contributed by atoms with E-state index < -0.39 is 0 Å². The molecule has 2 aromatic carbocycles. The van der Waals surface area contributed by atoms with Gasteiger partial charge in [-0.2, -0.15) is 0 Å². The predicted molar refractivity (Wildman–Crippen MR) is 90.9 cm³/mol. The SMILES string of the molecule is Cc1ccccc1Nc1nc(N)c(C(=O)c2ccccc2)s1. The topological polar surface area (TPSA) is 68.0 Å². The minimum Gasteiger partial charge on any atom is -0.382 e. The van der Waals surface area contributed by atoms with E-state index in [4.69, 9.17) is 5.73 Å². The van der Waals surface area contributed by atoms with Crippen LogP contribution in [0.15, 0.2) is 54.6 Å². The highest BCUT2D eigenvalue weighted by Gasteiger charge is 2.18. The highest BCUT2D eigenvalue weighted by molar-refractivity contribution is 7.18. The Kier molecular flexibility index (Phi) is 3.89. The molecule has 0 aliphatic heterocycles. The van der Waals surface area contributed by atoms with Gasteiger partial charge in [0.2, 0.25) is 5.78 Å². The third kappa shape index (κ3) is 2.84. The molecule has 0 bridgehead atoms. The number of rotatable bonds is 4. The van der Waals surface area contributed by atoms with Gasteiger partial charge in [0.25, 0.3) is 0 Å². The zero-order valence-electron chi connectivity index (χ0n) is 12.0. The average Bonchev–Trinajstić information content (AvgIpc) is 2.90. The molecule has 0 saturated heterocycles. The fourth-order valence-corrected chi connectivity index (χ4v) is 2.96. The smallest absolute Gasteiger partial charge is 0.206 e. The molecular weight excluding hydrogens is 294 g/mol. The zero-order chi connectivity index (χ0) is 15.5. The summed E-state index contributed by atoms with van der Waals surface area (Å²) in [4.78, 5) is 17.2. The van der Waals surface area contributed by atoms with Crippen LogP contribution >= 0.6 is 11.3 Å². The number of thiazole rings is 1. The minimum absolute atomic E-state index is 0.103. The lowest BCUT2D eigenvalue weighted by atomic mass is 10.1. The quantitative estimate of drug-likeness (QED) is 0.715. The second-order valence-corrected chi connectivity index (χ2v) is 5.87. The number of aryl methyl sites for hydroxylation is 1. The molecule has 0 aliphatic carbocycles. The number of nitrogens with two attached hydrogens (primary N) is 1. The molecule has 5 heteroatoms. The Bertz CT molecular complexity index is 812. The monoisotopic (exact) mass is 309 g/mol. The van der Waals surface area contributed by atoms with E-state index >= 15 is 0 Å². The molecule has 1 aromatic heterocycles. The van der Waals surface area contributed by atoms with Crippen molar-refractivity contribution in [3.63, 3.8) is 0 Å². The van der Waals surface area contributed by atoms with Crippen LogP contribution in [-0.2, 0) is 0 Å². The molecule has 110 valence electrons. The van der Waals surface area contributed by atoms with Gasteiger partial charge < -0.3 is 11.1 Å². The molecule has 4 nitrogen and oxygen atoms in total. The summed E-state index contributed by atoms with van der Waals surface area (Å²) in [6.07, 6.45) is 0. The Morgan fingerprint density at radius 2 is 1.77 bits per heavy atom. The molecule has 3 rings (SSSR count). The Morgan fingerprint density at radius 3 is 2.50 bits per heavy atom. The number of benzene rings is 2. The Balaban J connectivity index is 1.88. The number of carbonyl (C=O) groups excluding carboxylic acids is 1. The maximum Gasteiger partial charge on any atom is 0.206 e. The van der Waals surface area contributed by atoms with Crippen LogP contribution in [0.3, 0.4) is 0 Å². The van der Waals surface area contributed by atoms with Gasteiger partial charge in [-0.3, -0.25) is 4.79 Å². The van der Waals surface area contributed by atoms with Crippen molar-refractivity contribution in [2.75, 3.05) is 11.1 Å². The lowest BCUT2D eigenvalue weighted by Crippen LogP contribution is -2.02. The first-order chi connectivity index (χ1) is 10.6. The summed E-state index contributed by atoms with van der Waals surface area (Å²) in [6, 6.07) is 17.0. The van der Waals surface area contributed by atoms with Crippen LogP contribution in [0, 0.1) is 6.92 Å². The standard InChI is InChI=1S/C17H15N3OS/c1-11-7-5-6-10-13(11)19-17-20-16(18)15(22-17)14(21)12-8-3-2-4-9-12/h2-10H,18H2,1H3,(H,19,20). The van der Waals surface area contributed by atoms with Gasteiger partial charge in [-0.25, -0.2) is 4.98 Å². The Morgan fingerprint density at radius 1 is 1.09 bits per heavy atom. The van der Waals surface area contributed by atoms with Crippen LogP contribution in [0.4, 0.5) is 16.6 Å². The van der Waals surface area contributed by atoms with Crippen molar-refractivity contribution in [1.82, 2.24) is 4.98 Å². The van der Waals surface area contributed by atoms with Crippen LogP contribution in [0.5, 0.6) is 0 Å². The van der Waals surface area contributed by atoms with Gasteiger partial charge >= 0.3 is 0 Å². The zero-order valence-corrected chi connectivity index (χ0v) is 12.9. The second-order valence-electron chi connectivity index (χ2n) is 4.87. The van der Waals surface area contributed by atoms with Crippen molar-refractivity contribution < 1.29 is 4.79 Å². The van der Waals surface area contributed by atoms with E-state index in [1.807, 2.05) is 49.4 Å². The summed E-state index contributed by atoms with van der Waals surface area (Å²) in [7, 11) is 0. The van der Waals surface area contributed by atoms with Crippen LogP contribution in [-0.4, -0.2) is 10.8 Å².